The Hall–Kier alpha value is -1.30. The van der Waals surface area contributed by atoms with Crippen LogP contribution < -0.4 is 11.3 Å². The van der Waals surface area contributed by atoms with Crippen molar-refractivity contribution in [3.63, 3.8) is 0 Å². The van der Waals surface area contributed by atoms with Crippen LogP contribution in [0.1, 0.15) is 23.9 Å². The number of aryl methyl sites for hydroxylation is 3. The van der Waals surface area contributed by atoms with Gasteiger partial charge in [0.05, 0.1) is 5.69 Å². The first-order valence-corrected chi connectivity index (χ1v) is 8.28. The molecule has 0 saturated heterocycles. The summed E-state index contributed by atoms with van der Waals surface area (Å²) in [5.41, 5.74) is 6.57. The first kappa shape index (κ1) is 16.1. The predicted octanol–water partition coefficient (Wildman–Crippen LogP) is 2.46. The molecular weight excluding hydrogens is 280 g/mol. The number of hydrogen-bond acceptors (Lipinski definition) is 4. The second kappa shape index (κ2) is 7.64. The molecule has 2 aromatic rings. The van der Waals surface area contributed by atoms with Gasteiger partial charge < -0.3 is 0 Å². The summed E-state index contributed by atoms with van der Waals surface area (Å²) in [7, 11) is 2.00. The molecule has 0 aliphatic carbocycles. The topological polar surface area (TPSA) is 55.9 Å². The van der Waals surface area contributed by atoms with Crippen LogP contribution in [-0.2, 0) is 19.9 Å². The van der Waals surface area contributed by atoms with Gasteiger partial charge in [0.25, 0.3) is 0 Å². The predicted molar refractivity (Wildman–Crippen MR) is 89.3 cm³/mol. The molecule has 2 rings (SSSR count). The first-order valence-electron chi connectivity index (χ1n) is 7.29. The summed E-state index contributed by atoms with van der Waals surface area (Å²) in [6.45, 7) is 4.24. The molecule has 0 fully saturated rings. The molecular formula is C16H24N4S. The second-order valence-corrected chi connectivity index (χ2v) is 6.39. The van der Waals surface area contributed by atoms with Crippen LogP contribution in [0.4, 0.5) is 0 Å². The van der Waals surface area contributed by atoms with Gasteiger partial charge >= 0.3 is 0 Å². The molecule has 1 aromatic heterocycles. The molecule has 0 aliphatic rings. The van der Waals surface area contributed by atoms with Crippen molar-refractivity contribution < 1.29 is 0 Å². The summed E-state index contributed by atoms with van der Waals surface area (Å²) < 4.78 is 1.96. The van der Waals surface area contributed by atoms with Crippen LogP contribution in [0.15, 0.2) is 35.2 Å². The van der Waals surface area contributed by atoms with Gasteiger partial charge in [0.1, 0.15) is 0 Å². The number of nitrogens with zero attached hydrogens (tertiary/aromatic N) is 2. The van der Waals surface area contributed by atoms with Gasteiger partial charge in [-0.1, -0.05) is 24.6 Å². The minimum atomic E-state index is 0.232. The molecule has 1 atom stereocenters. The van der Waals surface area contributed by atoms with Crippen molar-refractivity contribution in [3.05, 3.63) is 47.3 Å². The van der Waals surface area contributed by atoms with Crippen LogP contribution in [0.2, 0.25) is 0 Å². The number of aromatic nitrogens is 2. The van der Waals surface area contributed by atoms with Gasteiger partial charge in [0.15, 0.2) is 0 Å². The standard InChI is InChI=1S/C16H24N4S/c1-4-13-9-15(20(3)19-13)10-14(18-17)11-21-16-7-5-6-12(2)8-16/h5-9,14,18H,4,10-11,17H2,1-3H3. The third kappa shape index (κ3) is 4.59. The molecule has 1 aromatic carbocycles. The Morgan fingerprint density at radius 1 is 1.38 bits per heavy atom. The minimum Gasteiger partial charge on any atom is -0.272 e. The first-order chi connectivity index (χ1) is 10.1. The number of hydrogen-bond donors (Lipinski definition) is 2. The van der Waals surface area contributed by atoms with E-state index in [9.17, 15) is 0 Å². The third-order valence-electron chi connectivity index (χ3n) is 3.52. The molecule has 3 N–H and O–H groups in total. The Labute approximate surface area is 131 Å². The van der Waals surface area contributed by atoms with Crippen molar-refractivity contribution in [1.82, 2.24) is 15.2 Å². The zero-order chi connectivity index (χ0) is 15.2. The minimum absolute atomic E-state index is 0.232. The van der Waals surface area contributed by atoms with Crippen LogP contribution in [-0.4, -0.2) is 21.6 Å². The van der Waals surface area contributed by atoms with Crippen molar-refractivity contribution in [1.29, 1.82) is 0 Å². The van der Waals surface area contributed by atoms with E-state index >= 15 is 0 Å². The highest BCUT2D eigenvalue weighted by Gasteiger charge is 2.12. The normalized spacial score (nSPS) is 12.6. The van der Waals surface area contributed by atoms with E-state index in [0.29, 0.717) is 0 Å². The quantitative estimate of drug-likeness (QED) is 0.469. The largest absolute Gasteiger partial charge is 0.272 e. The number of thioether (sulfide) groups is 1. The van der Waals surface area contributed by atoms with E-state index in [0.717, 1.165) is 24.3 Å². The molecule has 0 aliphatic heterocycles. The monoisotopic (exact) mass is 304 g/mol. The van der Waals surface area contributed by atoms with E-state index in [1.54, 1.807) is 0 Å². The van der Waals surface area contributed by atoms with Crippen LogP contribution in [0.25, 0.3) is 0 Å². The van der Waals surface area contributed by atoms with Gasteiger partial charge in [0.2, 0.25) is 0 Å². The molecule has 0 spiro atoms. The summed E-state index contributed by atoms with van der Waals surface area (Å²) >= 11 is 1.83. The van der Waals surface area contributed by atoms with E-state index in [-0.39, 0.29) is 6.04 Å². The van der Waals surface area contributed by atoms with Crippen molar-refractivity contribution in [3.8, 4) is 0 Å². The molecule has 0 radical (unpaired) electrons. The van der Waals surface area contributed by atoms with Crippen LogP contribution >= 0.6 is 11.8 Å². The number of nitrogens with one attached hydrogen (secondary N) is 1. The molecule has 0 amide bonds. The Morgan fingerprint density at radius 2 is 2.19 bits per heavy atom. The lowest BCUT2D eigenvalue weighted by atomic mass is 10.2. The smallest absolute Gasteiger partial charge is 0.0624 e. The fourth-order valence-electron chi connectivity index (χ4n) is 2.26. The Bertz CT molecular complexity index is 579. The highest BCUT2D eigenvalue weighted by Crippen LogP contribution is 2.20. The Kier molecular flexibility index (Phi) is 5.85. The van der Waals surface area contributed by atoms with Gasteiger partial charge in [-0.3, -0.25) is 16.0 Å². The molecule has 114 valence electrons. The number of nitrogens with two attached hydrogens (primary N) is 1. The van der Waals surface area contributed by atoms with Crippen molar-refractivity contribution in [2.75, 3.05) is 5.75 Å². The van der Waals surface area contributed by atoms with Crippen molar-refractivity contribution in [2.24, 2.45) is 12.9 Å². The van der Waals surface area contributed by atoms with Crippen molar-refractivity contribution >= 4 is 11.8 Å². The van der Waals surface area contributed by atoms with E-state index < -0.39 is 0 Å². The number of hydrazine groups is 1. The summed E-state index contributed by atoms with van der Waals surface area (Å²) in [4.78, 5) is 1.29. The summed E-state index contributed by atoms with van der Waals surface area (Å²) in [6, 6.07) is 11.0. The van der Waals surface area contributed by atoms with Crippen molar-refractivity contribution in [2.45, 2.75) is 37.6 Å². The maximum atomic E-state index is 5.71. The van der Waals surface area contributed by atoms with Crippen LogP contribution in [0.3, 0.4) is 0 Å². The molecule has 1 heterocycles. The number of benzene rings is 1. The lowest BCUT2D eigenvalue weighted by Crippen LogP contribution is -2.39. The zero-order valence-electron chi connectivity index (χ0n) is 13.0. The summed E-state index contributed by atoms with van der Waals surface area (Å²) in [6.07, 6.45) is 1.85. The maximum absolute atomic E-state index is 5.71. The summed E-state index contributed by atoms with van der Waals surface area (Å²) in [5.74, 6) is 6.65. The SMILES string of the molecule is CCc1cc(CC(CSc2cccc(C)c2)NN)n(C)n1. The number of rotatable bonds is 7. The Morgan fingerprint density at radius 3 is 2.81 bits per heavy atom. The van der Waals surface area contributed by atoms with Crippen LogP contribution in [0.5, 0.6) is 0 Å². The molecule has 4 nitrogen and oxygen atoms in total. The van der Waals surface area contributed by atoms with E-state index in [4.69, 9.17) is 5.84 Å². The van der Waals surface area contributed by atoms with Gasteiger partial charge in [-0.25, -0.2) is 0 Å². The lowest BCUT2D eigenvalue weighted by Gasteiger charge is -2.15. The zero-order valence-corrected chi connectivity index (χ0v) is 13.8. The van der Waals surface area contributed by atoms with E-state index in [1.165, 1.54) is 16.2 Å². The van der Waals surface area contributed by atoms with Crippen LogP contribution in [0, 0.1) is 6.92 Å². The molecule has 0 bridgehead atoms. The average molecular weight is 304 g/mol. The lowest BCUT2D eigenvalue weighted by molar-refractivity contribution is 0.550. The summed E-state index contributed by atoms with van der Waals surface area (Å²) in [5, 5.41) is 4.49. The van der Waals surface area contributed by atoms with E-state index in [1.807, 2.05) is 23.5 Å². The second-order valence-electron chi connectivity index (χ2n) is 5.30. The average Bonchev–Trinajstić information content (AvgIpc) is 2.84. The highest BCUT2D eigenvalue weighted by atomic mass is 32.2. The maximum Gasteiger partial charge on any atom is 0.0624 e. The molecule has 21 heavy (non-hydrogen) atoms. The van der Waals surface area contributed by atoms with Gasteiger partial charge in [-0.15, -0.1) is 11.8 Å². The van der Waals surface area contributed by atoms with Gasteiger partial charge in [-0.05, 0) is 31.5 Å². The van der Waals surface area contributed by atoms with Gasteiger partial charge in [0, 0.05) is 35.9 Å². The fourth-order valence-corrected chi connectivity index (χ4v) is 3.31. The van der Waals surface area contributed by atoms with Gasteiger partial charge in [-0.2, -0.15) is 5.10 Å². The van der Waals surface area contributed by atoms with E-state index in [2.05, 4.69) is 54.7 Å². The molecule has 1 unspecified atom stereocenters. The fraction of sp³-hybridized carbons (Fsp3) is 0.438. The highest BCUT2D eigenvalue weighted by molar-refractivity contribution is 7.99. The third-order valence-corrected chi connectivity index (χ3v) is 4.68. The molecule has 0 saturated carbocycles. The Balaban J connectivity index is 1.95. The molecule has 5 heteroatoms.